The van der Waals surface area contributed by atoms with E-state index in [1.807, 2.05) is 0 Å². The molecule has 0 atom stereocenters. The zero-order valence-electron chi connectivity index (χ0n) is 19.9. The third-order valence-corrected chi connectivity index (χ3v) is 6.50. The number of amides is 2. The second-order valence-corrected chi connectivity index (χ2v) is 8.99. The van der Waals surface area contributed by atoms with Gasteiger partial charge in [-0.15, -0.1) is 0 Å². The van der Waals surface area contributed by atoms with E-state index in [0.29, 0.717) is 48.5 Å². The van der Waals surface area contributed by atoms with E-state index in [9.17, 15) is 19.1 Å². The zero-order chi connectivity index (χ0) is 25.8. The van der Waals surface area contributed by atoms with Gasteiger partial charge < -0.3 is 30.0 Å². The summed E-state index contributed by atoms with van der Waals surface area (Å²) in [6.45, 7) is 0.364. The summed E-state index contributed by atoms with van der Waals surface area (Å²) in [5.74, 6) is 0.141. The number of phenols is 1. The molecule has 0 radical (unpaired) electrons. The summed E-state index contributed by atoms with van der Waals surface area (Å²) < 4.78 is 30.4. The van der Waals surface area contributed by atoms with E-state index in [4.69, 9.17) is 14.2 Å². The van der Waals surface area contributed by atoms with Crippen LogP contribution in [0, 0.1) is 11.7 Å². The quantitative estimate of drug-likeness (QED) is 0.441. The molecule has 0 spiro atoms. The maximum absolute atomic E-state index is 14.0. The number of carbonyl (C=O) groups excluding carboxylic acids is 2. The Hall–Kier alpha value is -4.34. The van der Waals surface area contributed by atoms with Gasteiger partial charge in [-0.2, -0.15) is 0 Å². The molecule has 5 rings (SSSR count). The van der Waals surface area contributed by atoms with Gasteiger partial charge in [0.25, 0.3) is 5.91 Å². The van der Waals surface area contributed by atoms with Gasteiger partial charge >= 0.3 is 0 Å². The summed E-state index contributed by atoms with van der Waals surface area (Å²) in [7, 11) is 0. The monoisotopic (exact) mass is 507 g/mol. The van der Waals surface area contributed by atoms with Gasteiger partial charge in [0.2, 0.25) is 18.6 Å². The minimum atomic E-state index is -0.659. The van der Waals surface area contributed by atoms with Crippen LogP contribution in [0.5, 0.6) is 28.9 Å². The summed E-state index contributed by atoms with van der Waals surface area (Å²) >= 11 is 0. The highest BCUT2D eigenvalue weighted by Gasteiger charge is 2.28. The van der Waals surface area contributed by atoms with Crippen LogP contribution in [0.25, 0.3) is 0 Å². The van der Waals surface area contributed by atoms with Crippen molar-refractivity contribution in [2.75, 3.05) is 6.79 Å². The Morgan fingerprint density at radius 3 is 2.65 bits per heavy atom. The molecule has 1 fully saturated rings. The fourth-order valence-electron chi connectivity index (χ4n) is 4.47. The van der Waals surface area contributed by atoms with Gasteiger partial charge in [0.05, 0.1) is 6.20 Å². The van der Waals surface area contributed by atoms with Crippen LogP contribution in [-0.4, -0.2) is 34.7 Å². The number of hydrogen-bond donors (Lipinski definition) is 3. The first-order chi connectivity index (χ1) is 18.0. The van der Waals surface area contributed by atoms with Crippen molar-refractivity contribution in [2.24, 2.45) is 5.92 Å². The second kappa shape index (κ2) is 10.7. The van der Waals surface area contributed by atoms with Crippen molar-refractivity contribution in [2.45, 2.75) is 38.3 Å². The number of aromatic hydroxyl groups is 1. The Labute approximate surface area is 212 Å². The normalized spacial score (nSPS) is 18.2. The van der Waals surface area contributed by atoms with Crippen LogP contribution in [0.2, 0.25) is 0 Å². The molecule has 9 nitrogen and oxygen atoms in total. The smallest absolute Gasteiger partial charge is 0.257 e. The van der Waals surface area contributed by atoms with Gasteiger partial charge in [-0.3, -0.25) is 9.59 Å². The summed E-state index contributed by atoms with van der Waals surface area (Å²) in [4.78, 5) is 29.6. The first-order valence-corrected chi connectivity index (χ1v) is 12.0. The lowest BCUT2D eigenvalue weighted by Gasteiger charge is -2.28. The third kappa shape index (κ3) is 5.74. The lowest BCUT2D eigenvalue weighted by atomic mass is 9.85. The number of phenolic OH excluding ortho intramolecular Hbond substituents is 1. The number of fused-ring (bicyclic) bond motifs is 1. The van der Waals surface area contributed by atoms with E-state index in [1.54, 1.807) is 42.5 Å². The topological polar surface area (TPSA) is 119 Å². The molecule has 0 saturated heterocycles. The molecule has 1 aromatic heterocycles. The van der Waals surface area contributed by atoms with Crippen molar-refractivity contribution >= 4 is 11.8 Å². The van der Waals surface area contributed by atoms with Gasteiger partial charge in [-0.1, -0.05) is 18.2 Å². The number of halogens is 1. The van der Waals surface area contributed by atoms with Crippen LogP contribution in [0.4, 0.5) is 4.39 Å². The van der Waals surface area contributed by atoms with Gasteiger partial charge in [0, 0.05) is 30.1 Å². The van der Waals surface area contributed by atoms with E-state index in [2.05, 4.69) is 15.6 Å². The number of hydrogen-bond acceptors (Lipinski definition) is 7. The molecular formula is C27H26FN3O6. The summed E-state index contributed by atoms with van der Waals surface area (Å²) in [5, 5.41) is 15.7. The third-order valence-electron chi connectivity index (χ3n) is 6.50. The molecule has 2 aliphatic rings. The number of nitrogens with one attached hydrogen (secondary N) is 2. The maximum Gasteiger partial charge on any atom is 0.257 e. The average Bonchev–Trinajstić information content (AvgIpc) is 3.37. The molecule has 1 saturated carbocycles. The van der Waals surface area contributed by atoms with Gasteiger partial charge in [-0.05, 0) is 49.9 Å². The lowest BCUT2D eigenvalue weighted by molar-refractivity contribution is -0.126. The summed E-state index contributed by atoms with van der Waals surface area (Å²) in [6.07, 6.45) is 3.38. The van der Waals surface area contributed by atoms with Crippen LogP contribution in [0.15, 0.2) is 54.7 Å². The van der Waals surface area contributed by atoms with Gasteiger partial charge in [0.15, 0.2) is 11.5 Å². The summed E-state index contributed by atoms with van der Waals surface area (Å²) in [6, 6.07) is 12.7. The van der Waals surface area contributed by atoms with Crippen molar-refractivity contribution in [3.05, 3.63) is 71.7 Å². The van der Waals surface area contributed by atoms with Crippen molar-refractivity contribution in [1.82, 2.24) is 15.6 Å². The molecule has 3 N–H and O–H groups in total. The molecule has 192 valence electrons. The van der Waals surface area contributed by atoms with E-state index in [-0.39, 0.29) is 48.4 Å². The van der Waals surface area contributed by atoms with Crippen LogP contribution in [-0.2, 0) is 11.3 Å². The Bertz CT molecular complexity index is 1310. The van der Waals surface area contributed by atoms with Crippen LogP contribution >= 0.6 is 0 Å². The zero-order valence-corrected chi connectivity index (χ0v) is 19.9. The van der Waals surface area contributed by atoms with E-state index in [0.717, 1.165) is 12.3 Å². The number of carbonyl (C=O) groups is 2. The Kier molecular flexibility index (Phi) is 7.07. The standard InChI is InChI=1S/C27H26FN3O6/c28-18-11-21(27(30-14-18)37-20-9-10-23-24(12-20)36-15-35-23)26(34)31-19-7-5-16(6-8-19)25(33)29-13-17-3-1-2-4-22(17)32/h1-4,9-12,14,16,19,32H,5-8,13,15H2,(H,29,33)(H,31,34). The molecule has 0 bridgehead atoms. The first kappa shape index (κ1) is 24.4. The minimum Gasteiger partial charge on any atom is -0.508 e. The molecule has 37 heavy (non-hydrogen) atoms. The molecule has 1 aliphatic heterocycles. The molecule has 10 heteroatoms. The van der Waals surface area contributed by atoms with Crippen molar-refractivity contribution in [1.29, 1.82) is 0 Å². The molecule has 2 aromatic carbocycles. The number of nitrogens with zero attached hydrogens (tertiary/aromatic N) is 1. The van der Waals surface area contributed by atoms with Gasteiger partial charge in [0.1, 0.15) is 22.9 Å². The number of para-hydroxylation sites is 1. The van der Waals surface area contributed by atoms with E-state index >= 15 is 0 Å². The highest BCUT2D eigenvalue weighted by atomic mass is 19.1. The fourth-order valence-corrected chi connectivity index (χ4v) is 4.47. The SMILES string of the molecule is O=C(NC1CCC(C(=O)NCc2ccccc2O)CC1)c1cc(F)cnc1Oc1ccc2c(c1)OCO2. The molecular weight excluding hydrogens is 481 g/mol. The van der Waals surface area contributed by atoms with Crippen molar-refractivity contribution in [3.8, 4) is 28.9 Å². The molecule has 3 aromatic rings. The van der Waals surface area contributed by atoms with Crippen molar-refractivity contribution in [3.63, 3.8) is 0 Å². The molecule has 0 unspecified atom stereocenters. The highest BCUT2D eigenvalue weighted by molar-refractivity contribution is 5.96. The lowest BCUT2D eigenvalue weighted by Crippen LogP contribution is -2.41. The average molecular weight is 508 g/mol. The molecule has 2 amide bonds. The number of pyridine rings is 1. The second-order valence-electron chi connectivity index (χ2n) is 8.99. The predicted octanol–water partition coefficient (Wildman–Crippen LogP) is 4.05. The number of benzene rings is 2. The molecule has 1 aliphatic carbocycles. The van der Waals surface area contributed by atoms with Crippen LogP contribution in [0.1, 0.15) is 41.6 Å². The number of rotatable bonds is 7. The maximum atomic E-state index is 14.0. The number of ether oxygens (including phenoxy) is 3. The Balaban J connectivity index is 1.16. The number of aromatic nitrogens is 1. The largest absolute Gasteiger partial charge is 0.508 e. The van der Waals surface area contributed by atoms with Crippen LogP contribution in [0.3, 0.4) is 0 Å². The van der Waals surface area contributed by atoms with E-state index < -0.39 is 11.7 Å². The van der Waals surface area contributed by atoms with E-state index in [1.165, 1.54) is 0 Å². The summed E-state index contributed by atoms with van der Waals surface area (Å²) in [5.41, 5.74) is 0.625. The minimum absolute atomic E-state index is 0.0276. The molecule has 2 heterocycles. The van der Waals surface area contributed by atoms with Crippen LogP contribution < -0.4 is 24.8 Å². The Morgan fingerprint density at radius 1 is 1.05 bits per heavy atom. The van der Waals surface area contributed by atoms with Crippen molar-refractivity contribution < 1.29 is 33.3 Å². The Morgan fingerprint density at radius 2 is 1.84 bits per heavy atom. The predicted molar refractivity (Wildman–Crippen MR) is 130 cm³/mol. The fraction of sp³-hybridized carbons (Fsp3) is 0.296. The van der Waals surface area contributed by atoms with Gasteiger partial charge in [-0.25, -0.2) is 9.37 Å². The highest BCUT2D eigenvalue weighted by Crippen LogP contribution is 2.37. The first-order valence-electron chi connectivity index (χ1n) is 12.0.